The Labute approximate surface area is 160 Å². The molecule has 0 radical (unpaired) electrons. The van der Waals surface area contributed by atoms with Crippen LogP contribution in [0.25, 0.3) is 21.8 Å². The number of nitrogens with zero attached hydrogens (tertiary/aromatic N) is 4. The highest BCUT2D eigenvalue weighted by atomic mass is 16.3. The second-order valence-electron chi connectivity index (χ2n) is 6.10. The summed E-state index contributed by atoms with van der Waals surface area (Å²) in [6.07, 6.45) is 3.36. The zero-order valence-corrected chi connectivity index (χ0v) is 14.8. The number of hydrogen-bond donors (Lipinski definition) is 2. The van der Waals surface area contributed by atoms with E-state index >= 15 is 0 Å². The maximum Gasteiger partial charge on any atom is 0.117 e. The Bertz CT molecular complexity index is 1080. The summed E-state index contributed by atoms with van der Waals surface area (Å²) in [5.41, 5.74) is 3.80. The Balaban J connectivity index is 1.49. The number of hydrogen-bond acceptors (Lipinski definition) is 8. The summed E-state index contributed by atoms with van der Waals surface area (Å²) in [6, 6.07) is 14.1. The van der Waals surface area contributed by atoms with Gasteiger partial charge in [-0.3, -0.25) is 9.97 Å². The summed E-state index contributed by atoms with van der Waals surface area (Å²) >= 11 is 0. The van der Waals surface area contributed by atoms with E-state index in [1.807, 2.05) is 12.1 Å². The maximum atomic E-state index is 11.0. The number of nitroso groups, excluding NO2 is 2. The molecule has 2 heterocycles. The van der Waals surface area contributed by atoms with Crippen molar-refractivity contribution >= 4 is 44.6 Å². The zero-order valence-electron chi connectivity index (χ0n) is 14.8. The van der Waals surface area contributed by atoms with E-state index in [-0.39, 0.29) is 0 Å². The lowest BCUT2D eigenvalue weighted by Gasteiger charge is -2.12. The predicted molar refractivity (Wildman–Crippen MR) is 111 cm³/mol. The molecule has 0 spiro atoms. The van der Waals surface area contributed by atoms with Gasteiger partial charge in [0.15, 0.2) is 0 Å². The topological polar surface area (TPSA) is 109 Å². The van der Waals surface area contributed by atoms with Crippen molar-refractivity contribution < 1.29 is 0 Å². The van der Waals surface area contributed by atoms with Gasteiger partial charge in [-0.25, -0.2) is 0 Å². The molecule has 8 nitrogen and oxygen atoms in total. The van der Waals surface area contributed by atoms with Crippen molar-refractivity contribution in [2.24, 2.45) is 10.4 Å². The maximum absolute atomic E-state index is 11.0. The Morgan fingerprint density at radius 3 is 1.57 bits per heavy atom. The molecule has 0 aliphatic heterocycles. The van der Waals surface area contributed by atoms with E-state index in [2.05, 4.69) is 31.0 Å². The smallest absolute Gasteiger partial charge is 0.117 e. The first kappa shape index (κ1) is 17.5. The molecule has 0 aliphatic rings. The first-order valence-electron chi connectivity index (χ1n) is 8.72. The van der Waals surface area contributed by atoms with Crippen molar-refractivity contribution in [2.45, 2.75) is 0 Å². The minimum atomic E-state index is 0.369. The van der Waals surface area contributed by atoms with Gasteiger partial charge in [-0.1, -0.05) is 0 Å². The van der Waals surface area contributed by atoms with Crippen LogP contribution >= 0.6 is 0 Å². The molecular weight excluding hydrogens is 356 g/mol. The minimum absolute atomic E-state index is 0.369. The lowest BCUT2D eigenvalue weighted by atomic mass is 10.1. The number of pyridine rings is 2. The Morgan fingerprint density at radius 1 is 0.679 bits per heavy atom. The molecule has 0 fully saturated rings. The van der Waals surface area contributed by atoms with Crippen molar-refractivity contribution in [1.82, 2.24) is 9.97 Å². The average Bonchev–Trinajstić information content (AvgIpc) is 2.76. The van der Waals surface area contributed by atoms with Crippen molar-refractivity contribution in [3.63, 3.8) is 0 Å². The van der Waals surface area contributed by atoms with Crippen LogP contribution in [-0.2, 0) is 0 Å². The van der Waals surface area contributed by atoms with E-state index in [4.69, 9.17) is 0 Å². The molecule has 4 rings (SSSR count). The second-order valence-corrected chi connectivity index (χ2v) is 6.10. The zero-order chi connectivity index (χ0) is 19.3. The van der Waals surface area contributed by atoms with Gasteiger partial charge in [0.2, 0.25) is 0 Å². The molecular formula is C20H16N6O2. The van der Waals surface area contributed by atoms with E-state index in [1.165, 1.54) is 0 Å². The molecule has 138 valence electrons. The standard InChI is InChI=1S/C20H16N6O2/c27-25-15-5-7-17(19-13(15)3-1-9-23-19)21-11-12-22-18-8-6-16(26-28)14-4-2-10-24-20(14)18/h1-10,21-22H,11-12H2. The fraction of sp³-hybridized carbons (Fsp3) is 0.100. The third-order valence-corrected chi connectivity index (χ3v) is 4.45. The van der Waals surface area contributed by atoms with Gasteiger partial charge in [0.1, 0.15) is 11.4 Å². The molecule has 0 saturated carbocycles. The lowest BCUT2D eigenvalue weighted by Crippen LogP contribution is -2.14. The molecule has 0 aliphatic carbocycles. The molecule has 4 aromatic rings. The third kappa shape index (κ3) is 3.23. The highest BCUT2D eigenvalue weighted by Crippen LogP contribution is 2.31. The fourth-order valence-electron chi connectivity index (χ4n) is 3.15. The number of rotatable bonds is 7. The summed E-state index contributed by atoms with van der Waals surface area (Å²) in [7, 11) is 0. The highest BCUT2D eigenvalue weighted by Gasteiger charge is 2.08. The van der Waals surface area contributed by atoms with Gasteiger partial charge in [0.25, 0.3) is 0 Å². The molecule has 8 heteroatoms. The van der Waals surface area contributed by atoms with Crippen molar-refractivity contribution in [2.75, 3.05) is 23.7 Å². The molecule has 0 saturated heterocycles. The number of aromatic nitrogens is 2. The van der Waals surface area contributed by atoms with Crippen molar-refractivity contribution in [3.05, 3.63) is 70.7 Å². The van der Waals surface area contributed by atoms with Gasteiger partial charge in [0, 0.05) is 36.3 Å². The molecule has 0 amide bonds. The van der Waals surface area contributed by atoms with Crippen LogP contribution in [0.4, 0.5) is 22.7 Å². The van der Waals surface area contributed by atoms with Crippen LogP contribution in [0, 0.1) is 9.81 Å². The Kier molecular flexibility index (Phi) is 4.83. The van der Waals surface area contributed by atoms with Crippen molar-refractivity contribution in [1.29, 1.82) is 0 Å². The summed E-state index contributed by atoms with van der Waals surface area (Å²) < 4.78 is 0. The van der Waals surface area contributed by atoms with E-state index in [0.29, 0.717) is 46.3 Å². The first-order valence-corrected chi connectivity index (χ1v) is 8.72. The van der Waals surface area contributed by atoms with Gasteiger partial charge < -0.3 is 10.6 Å². The summed E-state index contributed by atoms with van der Waals surface area (Å²) in [6.45, 7) is 1.23. The number of anilines is 2. The van der Waals surface area contributed by atoms with E-state index in [9.17, 15) is 9.81 Å². The Morgan fingerprint density at radius 2 is 1.14 bits per heavy atom. The quantitative estimate of drug-likeness (QED) is 0.345. The molecule has 2 aromatic carbocycles. The molecule has 2 aromatic heterocycles. The van der Waals surface area contributed by atoms with Crippen LogP contribution in [0.15, 0.2) is 71.3 Å². The van der Waals surface area contributed by atoms with Crippen LogP contribution < -0.4 is 10.6 Å². The number of benzene rings is 2. The van der Waals surface area contributed by atoms with E-state index in [1.54, 1.807) is 48.8 Å². The van der Waals surface area contributed by atoms with Crippen LogP contribution in [0.2, 0.25) is 0 Å². The molecule has 28 heavy (non-hydrogen) atoms. The van der Waals surface area contributed by atoms with Gasteiger partial charge in [0.05, 0.1) is 22.4 Å². The van der Waals surface area contributed by atoms with E-state index in [0.717, 1.165) is 11.4 Å². The highest BCUT2D eigenvalue weighted by molar-refractivity contribution is 5.99. The summed E-state index contributed by atoms with van der Waals surface area (Å²) in [5.74, 6) is 0. The van der Waals surface area contributed by atoms with Crippen molar-refractivity contribution in [3.8, 4) is 0 Å². The van der Waals surface area contributed by atoms with Crippen LogP contribution in [0.5, 0.6) is 0 Å². The van der Waals surface area contributed by atoms with Gasteiger partial charge >= 0.3 is 0 Å². The fourth-order valence-corrected chi connectivity index (χ4v) is 3.15. The SMILES string of the molecule is O=Nc1ccc(NCCNc2ccc(N=O)c3cccnc23)c2ncccc12. The first-order chi connectivity index (χ1) is 13.8. The Hall–Kier alpha value is -3.94. The van der Waals surface area contributed by atoms with Gasteiger partial charge in [-0.05, 0) is 58.9 Å². The predicted octanol–water partition coefficient (Wildman–Crippen LogP) is 5.10. The molecule has 0 atom stereocenters. The molecule has 0 bridgehead atoms. The molecule has 2 N–H and O–H groups in total. The van der Waals surface area contributed by atoms with Gasteiger partial charge in [-0.2, -0.15) is 0 Å². The van der Waals surface area contributed by atoms with Crippen LogP contribution in [0.1, 0.15) is 0 Å². The summed E-state index contributed by atoms with van der Waals surface area (Å²) in [5, 5.41) is 14.2. The number of nitrogens with one attached hydrogen (secondary N) is 2. The van der Waals surface area contributed by atoms with Crippen LogP contribution in [-0.4, -0.2) is 23.1 Å². The lowest BCUT2D eigenvalue weighted by molar-refractivity contribution is 1.08. The second kappa shape index (κ2) is 7.75. The third-order valence-electron chi connectivity index (χ3n) is 4.45. The minimum Gasteiger partial charge on any atom is -0.382 e. The van der Waals surface area contributed by atoms with Gasteiger partial charge in [-0.15, -0.1) is 9.81 Å². The monoisotopic (exact) mass is 372 g/mol. The number of fused-ring (bicyclic) bond motifs is 2. The molecule has 0 unspecified atom stereocenters. The largest absolute Gasteiger partial charge is 0.382 e. The van der Waals surface area contributed by atoms with E-state index < -0.39 is 0 Å². The van der Waals surface area contributed by atoms with Crippen LogP contribution in [0.3, 0.4) is 0 Å². The normalized spacial score (nSPS) is 10.7. The summed E-state index contributed by atoms with van der Waals surface area (Å²) in [4.78, 5) is 30.6. The average molecular weight is 372 g/mol.